The molecule has 3 heterocycles. The molecule has 3 atom stereocenters. The first-order chi connectivity index (χ1) is 16.8. The molecule has 2 saturated heterocycles. The summed E-state index contributed by atoms with van der Waals surface area (Å²) in [6, 6.07) is 13.3. The first kappa shape index (κ1) is 23.8. The zero-order chi connectivity index (χ0) is 25.1. The van der Waals surface area contributed by atoms with E-state index in [1.807, 2.05) is 54.4 Å². The number of carbonyl (C=O) groups excluding carboxylic acids is 2. The van der Waals surface area contributed by atoms with Crippen LogP contribution in [0.4, 0.5) is 5.69 Å². The summed E-state index contributed by atoms with van der Waals surface area (Å²) in [5.74, 6) is 0.654. The average molecular weight is 510 g/mol. The lowest BCUT2D eigenvalue weighted by Crippen LogP contribution is -2.62. The molecule has 3 aliphatic heterocycles. The first-order valence-corrected chi connectivity index (χ1v) is 12.5. The number of carbonyl (C=O) groups is 2. The first-order valence-electron chi connectivity index (χ1n) is 11.3. The van der Waals surface area contributed by atoms with E-state index in [1.54, 1.807) is 37.1 Å². The standard InChI is InChI=1S/C26H27N3O4S2/c1-6-12-29-23(31)26(35-24(29)34)20(16-8-7-9-17(13-16)32-4)15-27(2)25(26)19-14-18(33-5)10-11-21(19)28(3)22(25)30/h6-11,13-14,20H,1,12,15H2,2-5H3/t20?,25-,26+/m1/s1. The van der Waals surface area contributed by atoms with Gasteiger partial charge in [0, 0.05) is 37.3 Å². The number of nitrogens with zero attached hydrogens (tertiary/aromatic N) is 3. The summed E-state index contributed by atoms with van der Waals surface area (Å²) < 4.78 is 10.3. The lowest BCUT2D eigenvalue weighted by molar-refractivity contribution is -0.138. The van der Waals surface area contributed by atoms with Crippen molar-refractivity contribution in [2.45, 2.75) is 16.2 Å². The number of methoxy groups -OCH3 is 2. The Morgan fingerprint density at radius 3 is 2.51 bits per heavy atom. The molecule has 1 unspecified atom stereocenters. The summed E-state index contributed by atoms with van der Waals surface area (Å²) in [7, 11) is 6.88. The number of benzene rings is 2. The lowest BCUT2D eigenvalue weighted by atomic mass is 9.72. The number of hydrogen-bond acceptors (Lipinski definition) is 7. The van der Waals surface area contributed by atoms with E-state index in [0.717, 1.165) is 16.8 Å². The van der Waals surface area contributed by atoms with E-state index in [1.165, 1.54) is 11.8 Å². The van der Waals surface area contributed by atoms with E-state index in [0.29, 0.717) is 22.4 Å². The Labute approximate surface area is 214 Å². The second-order valence-corrected chi connectivity index (χ2v) is 10.9. The molecule has 2 aromatic carbocycles. The highest BCUT2D eigenvalue weighted by molar-refractivity contribution is 8.25. The minimum absolute atomic E-state index is 0.155. The summed E-state index contributed by atoms with van der Waals surface area (Å²) in [5, 5.41) is 0. The van der Waals surface area contributed by atoms with Crippen molar-refractivity contribution in [2.75, 3.05) is 46.3 Å². The molecule has 7 nitrogen and oxygen atoms in total. The number of hydrogen-bond donors (Lipinski definition) is 0. The summed E-state index contributed by atoms with van der Waals surface area (Å²) in [4.78, 5) is 34.1. The molecule has 9 heteroatoms. The Morgan fingerprint density at radius 1 is 1.11 bits per heavy atom. The van der Waals surface area contributed by atoms with Gasteiger partial charge in [0.25, 0.3) is 5.91 Å². The maximum Gasteiger partial charge on any atom is 0.254 e. The predicted octanol–water partition coefficient (Wildman–Crippen LogP) is 3.39. The topological polar surface area (TPSA) is 62.3 Å². The Morgan fingerprint density at radius 2 is 1.83 bits per heavy atom. The van der Waals surface area contributed by atoms with Crippen molar-refractivity contribution in [1.29, 1.82) is 0 Å². The van der Waals surface area contributed by atoms with Gasteiger partial charge >= 0.3 is 0 Å². The third-order valence-electron chi connectivity index (χ3n) is 7.47. The second kappa shape index (κ2) is 8.36. The van der Waals surface area contributed by atoms with E-state index in [9.17, 15) is 9.59 Å². The Balaban J connectivity index is 1.84. The van der Waals surface area contributed by atoms with Crippen LogP contribution in [0.3, 0.4) is 0 Å². The number of likely N-dealkylation sites (N-methyl/N-ethyl adjacent to an activating group) is 2. The van der Waals surface area contributed by atoms with Crippen molar-refractivity contribution >= 4 is 45.8 Å². The minimum atomic E-state index is -1.28. The fourth-order valence-electron chi connectivity index (χ4n) is 5.95. The van der Waals surface area contributed by atoms with Crippen LogP contribution in [0.2, 0.25) is 0 Å². The minimum Gasteiger partial charge on any atom is -0.497 e. The van der Waals surface area contributed by atoms with E-state index in [-0.39, 0.29) is 24.3 Å². The Kier molecular flexibility index (Phi) is 5.69. The third kappa shape index (κ3) is 2.92. The van der Waals surface area contributed by atoms with Crippen LogP contribution >= 0.6 is 24.0 Å². The van der Waals surface area contributed by atoms with Crippen LogP contribution in [0, 0.1) is 0 Å². The molecule has 2 amide bonds. The van der Waals surface area contributed by atoms with Gasteiger partial charge in [0.05, 0.1) is 14.2 Å². The highest BCUT2D eigenvalue weighted by Gasteiger charge is 2.78. The molecule has 0 radical (unpaired) electrons. The quantitative estimate of drug-likeness (QED) is 0.452. The number of thiocarbonyl (C=S) groups is 1. The van der Waals surface area contributed by atoms with Gasteiger partial charge in [-0.15, -0.1) is 6.58 Å². The highest BCUT2D eigenvalue weighted by atomic mass is 32.2. The van der Waals surface area contributed by atoms with Crippen molar-refractivity contribution < 1.29 is 19.1 Å². The number of likely N-dealkylation sites (tertiary alicyclic amines) is 1. The lowest BCUT2D eigenvalue weighted by Gasteiger charge is -2.42. The summed E-state index contributed by atoms with van der Waals surface area (Å²) in [5.41, 5.74) is 1.15. The average Bonchev–Trinajstić information content (AvgIpc) is 3.37. The normalized spacial score (nSPS) is 27.9. The molecule has 2 aromatic rings. The SMILES string of the molecule is C=CCN1C(=O)[C@@]2(SC1=S)C(c1cccc(OC)c1)CN(C)[C@]21C(=O)N(C)c2ccc(OC)cc21. The molecule has 0 bridgehead atoms. The van der Waals surface area contributed by atoms with Crippen molar-refractivity contribution in [3.05, 3.63) is 66.2 Å². The van der Waals surface area contributed by atoms with Crippen molar-refractivity contribution in [3.63, 3.8) is 0 Å². The van der Waals surface area contributed by atoms with Crippen LogP contribution in [-0.2, 0) is 15.1 Å². The van der Waals surface area contributed by atoms with Crippen LogP contribution in [0.5, 0.6) is 11.5 Å². The fourth-order valence-corrected chi connectivity index (χ4v) is 8.09. The number of anilines is 1. The number of rotatable bonds is 5. The van der Waals surface area contributed by atoms with E-state index >= 15 is 0 Å². The van der Waals surface area contributed by atoms with Crippen molar-refractivity contribution in [3.8, 4) is 11.5 Å². The maximum absolute atomic E-state index is 14.5. The van der Waals surface area contributed by atoms with Gasteiger partial charge in [-0.2, -0.15) is 0 Å². The van der Waals surface area contributed by atoms with E-state index in [4.69, 9.17) is 21.7 Å². The smallest absolute Gasteiger partial charge is 0.254 e. The van der Waals surface area contributed by atoms with Crippen LogP contribution in [0.25, 0.3) is 0 Å². The van der Waals surface area contributed by atoms with Gasteiger partial charge in [-0.25, -0.2) is 0 Å². The Hall–Kier alpha value is -2.88. The molecule has 2 spiro atoms. The molecular weight excluding hydrogens is 482 g/mol. The van der Waals surface area contributed by atoms with Gasteiger partial charge in [0.1, 0.15) is 20.6 Å². The largest absolute Gasteiger partial charge is 0.497 e. The fraction of sp³-hybridized carbons (Fsp3) is 0.346. The highest BCUT2D eigenvalue weighted by Crippen LogP contribution is 2.66. The van der Waals surface area contributed by atoms with Crippen LogP contribution < -0.4 is 14.4 Å². The second-order valence-electron chi connectivity index (χ2n) is 8.98. The molecule has 35 heavy (non-hydrogen) atoms. The molecule has 0 aliphatic carbocycles. The molecule has 5 rings (SSSR count). The zero-order valence-corrected chi connectivity index (χ0v) is 21.7. The molecule has 2 fully saturated rings. The van der Waals surface area contributed by atoms with Crippen LogP contribution in [-0.4, -0.2) is 72.1 Å². The number of ether oxygens (including phenoxy) is 2. The predicted molar refractivity (Wildman–Crippen MR) is 141 cm³/mol. The van der Waals surface area contributed by atoms with Crippen molar-refractivity contribution in [1.82, 2.24) is 9.80 Å². The van der Waals surface area contributed by atoms with E-state index in [2.05, 4.69) is 6.58 Å². The van der Waals surface area contributed by atoms with Crippen molar-refractivity contribution in [2.24, 2.45) is 0 Å². The van der Waals surface area contributed by atoms with E-state index < -0.39 is 10.3 Å². The summed E-state index contributed by atoms with van der Waals surface area (Å²) in [6.45, 7) is 4.58. The monoisotopic (exact) mass is 509 g/mol. The third-order valence-corrected chi connectivity index (χ3v) is 9.41. The van der Waals surface area contributed by atoms with Gasteiger partial charge in [0.15, 0.2) is 5.54 Å². The zero-order valence-electron chi connectivity index (χ0n) is 20.1. The molecule has 0 N–H and O–H groups in total. The van der Waals surface area contributed by atoms with Gasteiger partial charge in [-0.3, -0.25) is 19.4 Å². The number of thioether (sulfide) groups is 1. The van der Waals surface area contributed by atoms with Gasteiger partial charge < -0.3 is 14.4 Å². The van der Waals surface area contributed by atoms with Gasteiger partial charge in [0.2, 0.25) is 5.91 Å². The molecule has 0 aromatic heterocycles. The molecule has 0 saturated carbocycles. The molecular formula is C26H27N3O4S2. The van der Waals surface area contributed by atoms with Gasteiger partial charge in [-0.05, 0) is 42.9 Å². The van der Waals surface area contributed by atoms with Crippen LogP contribution in [0.15, 0.2) is 55.1 Å². The summed E-state index contributed by atoms with van der Waals surface area (Å²) in [6.07, 6.45) is 1.66. The van der Waals surface area contributed by atoms with Gasteiger partial charge in [-0.1, -0.05) is 42.2 Å². The molecule has 3 aliphatic rings. The maximum atomic E-state index is 14.5. The Bertz CT molecular complexity index is 1270. The number of amides is 2. The summed E-state index contributed by atoms with van der Waals surface area (Å²) >= 11 is 7.06. The number of fused-ring (bicyclic) bond motifs is 3. The molecule has 182 valence electrons. The van der Waals surface area contributed by atoms with Crippen LogP contribution in [0.1, 0.15) is 17.0 Å².